The first-order valence-corrected chi connectivity index (χ1v) is 6.84. The first kappa shape index (κ1) is 17.8. The summed E-state index contributed by atoms with van der Waals surface area (Å²) in [5.41, 5.74) is 1.31. The highest BCUT2D eigenvalue weighted by Gasteiger charge is 2.03. The molecule has 0 aliphatic carbocycles. The normalized spacial score (nSPS) is 10.2. The molecule has 0 atom stereocenters. The van der Waals surface area contributed by atoms with Crippen LogP contribution in [0.25, 0.3) is 0 Å². The smallest absolute Gasteiger partial charge is 0.118 e. The van der Waals surface area contributed by atoms with Crippen LogP contribution in [0.1, 0.15) is 5.56 Å². The quantitative estimate of drug-likeness (QED) is 0.682. The number of ether oxygens (including phenoxy) is 1. The molecule has 0 fully saturated rings. The zero-order valence-corrected chi connectivity index (χ0v) is 12.9. The lowest BCUT2D eigenvalue weighted by Crippen LogP contribution is -2.30. The van der Waals surface area contributed by atoms with Gasteiger partial charge in [-0.15, -0.1) is 35.6 Å². The van der Waals surface area contributed by atoms with E-state index < -0.39 is 0 Å². The predicted octanol–water partition coefficient (Wildman–Crippen LogP) is 3.44. The lowest BCUT2D eigenvalue weighted by atomic mass is 10.1. The number of rotatable bonds is 8. The molecule has 5 heteroatoms. The van der Waals surface area contributed by atoms with Gasteiger partial charge in [-0.2, -0.15) is 0 Å². The lowest BCUT2D eigenvalue weighted by molar-refractivity contribution is 0.311. The van der Waals surface area contributed by atoms with Crippen molar-refractivity contribution >= 4 is 35.6 Å². The highest BCUT2D eigenvalue weighted by molar-refractivity contribution is 6.18. The molecule has 0 saturated carbocycles. The summed E-state index contributed by atoms with van der Waals surface area (Å²) in [5, 5.41) is 0. The van der Waals surface area contributed by atoms with E-state index in [0.29, 0.717) is 11.8 Å². The van der Waals surface area contributed by atoms with E-state index in [1.54, 1.807) is 7.11 Å². The third-order valence-corrected chi connectivity index (χ3v) is 3.02. The summed E-state index contributed by atoms with van der Waals surface area (Å²) in [7, 11) is 1.68. The van der Waals surface area contributed by atoms with Crippen molar-refractivity contribution in [1.82, 2.24) is 4.90 Å². The van der Waals surface area contributed by atoms with Crippen LogP contribution in [0.2, 0.25) is 0 Å². The molecule has 0 aliphatic rings. The van der Waals surface area contributed by atoms with Crippen molar-refractivity contribution in [2.24, 2.45) is 0 Å². The lowest BCUT2D eigenvalue weighted by Gasteiger charge is -2.19. The average Bonchev–Trinajstić information content (AvgIpc) is 2.37. The first-order valence-electron chi connectivity index (χ1n) is 5.77. The Hall–Kier alpha value is -0.150. The largest absolute Gasteiger partial charge is 0.497 e. The number of alkyl halides is 2. The van der Waals surface area contributed by atoms with E-state index in [1.165, 1.54) is 5.56 Å². The van der Waals surface area contributed by atoms with E-state index in [1.807, 2.05) is 12.1 Å². The van der Waals surface area contributed by atoms with Crippen LogP contribution in [-0.2, 0) is 6.42 Å². The third kappa shape index (κ3) is 6.69. The van der Waals surface area contributed by atoms with Crippen molar-refractivity contribution in [3.63, 3.8) is 0 Å². The summed E-state index contributed by atoms with van der Waals surface area (Å²) < 4.78 is 5.13. The molecule has 0 heterocycles. The Balaban J connectivity index is 0.00000289. The van der Waals surface area contributed by atoms with Gasteiger partial charge in [0, 0.05) is 31.4 Å². The predicted molar refractivity (Wildman–Crippen MR) is 81.8 cm³/mol. The van der Waals surface area contributed by atoms with Crippen LogP contribution in [0.3, 0.4) is 0 Å². The maximum atomic E-state index is 5.75. The standard InChI is InChI=1S/C13H19Cl2NO.ClH/c1-17-13-4-2-12(3-5-13)6-9-16(10-7-14)11-8-15;/h2-5H,6-11H2,1H3;1H. The molecule has 0 saturated heterocycles. The second kappa shape index (κ2) is 10.7. The Morgan fingerprint density at radius 1 is 1.00 bits per heavy atom. The summed E-state index contributed by atoms with van der Waals surface area (Å²) >= 11 is 11.5. The van der Waals surface area contributed by atoms with Crippen LogP contribution < -0.4 is 4.74 Å². The van der Waals surface area contributed by atoms with Crippen molar-refractivity contribution in [3.05, 3.63) is 29.8 Å². The highest BCUT2D eigenvalue weighted by atomic mass is 35.5. The molecule has 104 valence electrons. The Kier molecular flexibility index (Phi) is 10.7. The van der Waals surface area contributed by atoms with Gasteiger partial charge in [0.25, 0.3) is 0 Å². The number of benzene rings is 1. The Labute approximate surface area is 126 Å². The van der Waals surface area contributed by atoms with Crippen molar-refractivity contribution in [2.75, 3.05) is 38.5 Å². The molecule has 0 aromatic heterocycles. The molecule has 0 amide bonds. The summed E-state index contributed by atoms with van der Waals surface area (Å²) in [6, 6.07) is 8.17. The Morgan fingerprint density at radius 3 is 2.00 bits per heavy atom. The van der Waals surface area contributed by atoms with Gasteiger partial charge in [-0.05, 0) is 24.1 Å². The highest BCUT2D eigenvalue weighted by Crippen LogP contribution is 2.12. The molecule has 18 heavy (non-hydrogen) atoms. The van der Waals surface area contributed by atoms with Gasteiger partial charge in [0.15, 0.2) is 0 Å². The van der Waals surface area contributed by atoms with Gasteiger partial charge in [-0.3, -0.25) is 0 Å². The Morgan fingerprint density at radius 2 is 1.56 bits per heavy atom. The molecule has 1 rings (SSSR count). The van der Waals surface area contributed by atoms with E-state index in [4.69, 9.17) is 27.9 Å². The second-order valence-corrected chi connectivity index (χ2v) is 4.57. The SMILES string of the molecule is COc1ccc(CCN(CCCl)CCCl)cc1.Cl. The van der Waals surface area contributed by atoms with E-state index in [9.17, 15) is 0 Å². The molecule has 1 aromatic rings. The van der Waals surface area contributed by atoms with Gasteiger partial charge in [0.1, 0.15) is 5.75 Å². The fourth-order valence-electron chi connectivity index (χ4n) is 1.65. The van der Waals surface area contributed by atoms with Crippen LogP contribution in [0.5, 0.6) is 5.75 Å². The van der Waals surface area contributed by atoms with Gasteiger partial charge >= 0.3 is 0 Å². The zero-order valence-electron chi connectivity index (χ0n) is 10.6. The van der Waals surface area contributed by atoms with E-state index in [-0.39, 0.29) is 12.4 Å². The molecule has 0 aliphatic heterocycles. The van der Waals surface area contributed by atoms with E-state index in [0.717, 1.165) is 31.8 Å². The number of methoxy groups -OCH3 is 1. The van der Waals surface area contributed by atoms with Gasteiger partial charge in [-0.1, -0.05) is 12.1 Å². The van der Waals surface area contributed by atoms with Crippen LogP contribution >= 0.6 is 35.6 Å². The van der Waals surface area contributed by atoms with Crippen molar-refractivity contribution in [1.29, 1.82) is 0 Å². The van der Waals surface area contributed by atoms with E-state index in [2.05, 4.69) is 17.0 Å². The number of halogens is 3. The topological polar surface area (TPSA) is 12.5 Å². The van der Waals surface area contributed by atoms with Gasteiger partial charge in [-0.25, -0.2) is 0 Å². The Bertz CT molecular complexity index is 300. The second-order valence-electron chi connectivity index (χ2n) is 3.82. The van der Waals surface area contributed by atoms with Crippen molar-refractivity contribution in [3.8, 4) is 5.75 Å². The molecule has 0 radical (unpaired) electrons. The van der Waals surface area contributed by atoms with Gasteiger partial charge < -0.3 is 9.64 Å². The molecule has 0 bridgehead atoms. The number of hydrogen-bond donors (Lipinski definition) is 0. The van der Waals surface area contributed by atoms with Crippen LogP contribution in [0.15, 0.2) is 24.3 Å². The molecule has 0 unspecified atom stereocenters. The molecular formula is C13H20Cl3NO. The van der Waals surface area contributed by atoms with E-state index >= 15 is 0 Å². The van der Waals surface area contributed by atoms with Crippen LogP contribution in [0.4, 0.5) is 0 Å². The average molecular weight is 313 g/mol. The summed E-state index contributed by atoms with van der Waals surface area (Å²) in [6.07, 6.45) is 1.01. The zero-order chi connectivity index (χ0) is 12.5. The monoisotopic (exact) mass is 311 g/mol. The van der Waals surface area contributed by atoms with Crippen LogP contribution in [0, 0.1) is 0 Å². The molecule has 0 N–H and O–H groups in total. The van der Waals surface area contributed by atoms with Gasteiger partial charge in [0.05, 0.1) is 7.11 Å². The fraction of sp³-hybridized carbons (Fsp3) is 0.538. The third-order valence-electron chi connectivity index (χ3n) is 2.68. The first-order chi connectivity index (χ1) is 8.30. The summed E-state index contributed by atoms with van der Waals surface area (Å²) in [4.78, 5) is 2.28. The van der Waals surface area contributed by atoms with Crippen molar-refractivity contribution < 1.29 is 4.74 Å². The maximum absolute atomic E-state index is 5.75. The fourth-order valence-corrected chi connectivity index (χ4v) is 2.13. The molecular weight excluding hydrogens is 293 g/mol. The minimum Gasteiger partial charge on any atom is -0.497 e. The van der Waals surface area contributed by atoms with Crippen LogP contribution in [-0.4, -0.2) is 43.4 Å². The summed E-state index contributed by atoms with van der Waals surface area (Å²) in [6.45, 7) is 2.78. The molecule has 2 nitrogen and oxygen atoms in total. The minimum atomic E-state index is 0. The molecule has 1 aromatic carbocycles. The number of nitrogens with zero attached hydrogens (tertiary/aromatic N) is 1. The molecule has 0 spiro atoms. The van der Waals surface area contributed by atoms with Gasteiger partial charge in [0.2, 0.25) is 0 Å². The number of hydrogen-bond acceptors (Lipinski definition) is 2. The minimum absolute atomic E-state index is 0. The maximum Gasteiger partial charge on any atom is 0.118 e. The van der Waals surface area contributed by atoms with Crippen molar-refractivity contribution in [2.45, 2.75) is 6.42 Å². The summed E-state index contributed by atoms with van der Waals surface area (Å²) in [5.74, 6) is 2.20.